The fraction of sp³-hybridized carbons (Fsp3) is 0.462. The summed E-state index contributed by atoms with van der Waals surface area (Å²) in [7, 11) is -3.99. The minimum atomic E-state index is -3.99. The number of rotatable bonds is 4. The van der Waals surface area contributed by atoms with Gasteiger partial charge in [-0.05, 0) is 30.4 Å². The number of primary sulfonamides is 1. The number of benzene rings is 1. The Morgan fingerprint density at radius 1 is 1.48 bits per heavy atom. The molecule has 0 aliphatic heterocycles. The summed E-state index contributed by atoms with van der Waals surface area (Å²) >= 11 is 9.18. The van der Waals surface area contributed by atoms with Crippen LogP contribution in [-0.2, 0) is 10.0 Å². The highest BCUT2D eigenvalue weighted by molar-refractivity contribution is 9.10. The molecule has 1 aromatic rings. The third-order valence-electron chi connectivity index (χ3n) is 3.79. The summed E-state index contributed by atoms with van der Waals surface area (Å²) in [5.74, 6) is -0.403. The van der Waals surface area contributed by atoms with Crippen LogP contribution in [0.3, 0.4) is 0 Å². The van der Waals surface area contributed by atoms with E-state index in [1.54, 1.807) is 0 Å². The van der Waals surface area contributed by atoms with E-state index < -0.39 is 15.9 Å². The quantitative estimate of drug-likeness (QED) is 0.821. The fourth-order valence-electron chi connectivity index (χ4n) is 2.28. The van der Waals surface area contributed by atoms with Crippen molar-refractivity contribution in [3.63, 3.8) is 0 Å². The predicted octanol–water partition coefficient (Wildman–Crippen LogP) is 2.67. The van der Waals surface area contributed by atoms with Crippen molar-refractivity contribution in [2.45, 2.75) is 31.1 Å². The van der Waals surface area contributed by atoms with Gasteiger partial charge in [0.25, 0.3) is 5.91 Å². The van der Waals surface area contributed by atoms with E-state index in [4.69, 9.17) is 16.7 Å². The van der Waals surface area contributed by atoms with Gasteiger partial charge in [0.1, 0.15) is 4.90 Å². The van der Waals surface area contributed by atoms with Crippen molar-refractivity contribution < 1.29 is 13.2 Å². The summed E-state index contributed by atoms with van der Waals surface area (Å²) in [5.41, 5.74) is 0.217. The maximum Gasteiger partial charge on any atom is 0.252 e. The van der Waals surface area contributed by atoms with Crippen LogP contribution in [0.2, 0.25) is 5.02 Å². The van der Waals surface area contributed by atoms with Crippen LogP contribution < -0.4 is 10.5 Å². The summed E-state index contributed by atoms with van der Waals surface area (Å²) in [6.07, 6.45) is 3.31. The molecule has 0 heterocycles. The van der Waals surface area contributed by atoms with Gasteiger partial charge in [-0.15, -0.1) is 0 Å². The molecule has 2 rings (SSSR count). The predicted molar refractivity (Wildman–Crippen MR) is 84.8 cm³/mol. The summed E-state index contributed by atoms with van der Waals surface area (Å²) in [5, 5.41) is 7.76. The zero-order valence-corrected chi connectivity index (χ0v) is 14.6. The van der Waals surface area contributed by atoms with Gasteiger partial charge in [0.15, 0.2) is 0 Å². The van der Waals surface area contributed by atoms with E-state index in [9.17, 15) is 13.2 Å². The number of amides is 1. The second-order valence-corrected chi connectivity index (χ2v) is 8.48. The number of nitrogens with one attached hydrogen (secondary N) is 1. The molecule has 3 N–H and O–H groups in total. The molecule has 0 aromatic heterocycles. The van der Waals surface area contributed by atoms with Gasteiger partial charge in [0.05, 0.1) is 10.6 Å². The molecule has 21 heavy (non-hydrogen) atoms. The van der Waals surface area contributed by atoms with Crippen LogP contribution in [0.5, 0.6) is 0 Å². The van der Waals surface area contributed by atoms with Crippen LogP contribution in [-0.4, -0.2) is 20.9 Å². The number of sulfonamides is 1. The van der Waals surface area contributed by atoms with E-state index in [0.717, 1.165) is 12.8 Å². The first-order chi connectivity index (χ1) is 9.62. The maximum atomic E-state index is 12.2. The van der Waals surface area contributed by atoms with Gasteiger partial charge in [0, 0.05) is 11.0 Å². The number of nitrogens with two attached hydrogens (primary N) is 1. The maximum absolute atomic E-state index is 12.2. The molecule has 5 nitrogen and oxygen atoms in total. The smallest absolute Gasteiger partial charge is 0.252 e. The monoisotopic (exact) mass is 394 g/mol. The highest BCUT2D eigenvalue weighted by Crippen LogP contribution is 2.39. The van der Waals surface area contributed by atoms with E-state index in [1.807, 2.05) is 0 Å². The highest BCUT2D eigenvalue weighted by Gasteiger charge is 2.32. The standard InChI is InChI=1S/C13H16BrClN2O3S/c1-13(3-2-4-13)7-17-12(18)9-5-8(14)6-10(11(9)15)21(16,19)20/h5-6H,2-4,7H2,1H3,(H,17,18)(H2,16,19,20). The van der Waals surface area contributed by atoms with Crippen LogP contribution in [0.15, 0.2) is 21.5 Å². The third-order valence-corrected chi connectivity index (χ3v) is 5.70. The molecule has 116 valence electrons. The first-order valence-corrected chi connectivity index (χ1v) is 9.14. The van der Waals surface area contributed by atoms with Gasteiger partial charge in [0.2, 0.25) is 10.0 Å². The van der Waals surface area contributed by atoms with Gasteiger partial charge in [-0.1, -0.05) is 40.9 Å². The SMILES string of the molecule is CC1(CNC(=O)c2cc(Br)cc(S(N)(=O)=O)c2Cl)CCC1. The lowest BCUT2D eigenvalue weighted by Gasteiger charge is -2.38. The molecular formula is C13H16BrClN2O3S. The average Bonchev–Trinajstić information content (AvgIpc) is 2.34. The molecule has 8 heteroatoms. The Kier molecular flexibility index (Phi) is 4.68. The molecule has 0 spiro atoms. The van der Waals surface area contributed by atoms with Gasteiger partial charge >= 0.3 is 0 Å². The average molecular weight is 396 g/mol. The second-order valence-electron chi connectivity index (χ2n) is 5.66. The molecule has 0 atom stereocenters. The number of halogens is 2. The van der Waals surface area contributed by atoms with E-state index in [1.165, 1.54) is 18.6 Å². The molecule has 1 aliphatic carbocycles. The Morgan fingerprint density at radius 3 is 2.57 bits per heavy atom. The number of carbonyl (C=O) groups excluding carboxylic acids is 1. The summed E-state index contributed by atoms with van der Waals surface area (Å²) in [6.45, 7) is 2.65. The van der Waals surface area contributed by atoms with Gasteiger partial charge in [-0.2, -0.15) is 0 Å². The Morgan fingerprint density at radius 2 is 2.10 bits per heavy atom. The largest absolute Gasteiger partial charge is 0.351 e. The van der Waals surface area contributed by atoms with Crippen LogP contribution in [0.4, 0.5) is 0 Å². The van der Waals surface area contributed by atoms with Crippen LogP contribution in [0, 0.1) is 5.41 Å². The Bertz CT molecular complexity index is 687. The molecular weight excluding hydrogens is 380 g/mol. The van der Waals surface area contributed by atoms with Crippen molar-refractivity contribution in [1.82, 2.24) is 5.32 Å². The zero-order valence-electron chi connectivity index (χ0n) is 11.4. The van der Waals surface area contributed by atoms with Crippen molar-refractivity contribution in [2.75, 3.05) is 6.54 Å². The molecule has 0 saturated heterocycles. The summed E-state index contributed by atoms with van der Waals surface area (Å²) < 4.78 is 23.4. The lowest BCUT2D eigenvalue weighted by molar-refractivity contribution is 0.0890. The molecule has 0 bridgehead atoms. The highest BCUT2D eigenvalue weighted by atomic mass is 79.9. The van der Waals surface area contributed by atoms with Gasteiger partial charge in [-0.25, -0.2) is 13.6 Å². The summed E-state index contributed by atoms with van der Waals surface area (Å²) in [4.78, 5) is 12.0. The Hall–Kier alpha value is -0.630. The lowest BCUT2D eigenvalue weighted by atomic mass is 9.70. The Balaban J connectivity index is 2.26. The third kappa shape index (κ3) is 3.77. The molecule has 1 amide bonds. The Labute approximate surface area is 137 Å². The van der Waals surface area contributed by atoms with Crippen LogP contribution >= 0.6 is 27.5 Å². The normalized spacial score (nSPS) is 17.1. The van der Waals surface area contributed by atoms with Crippen molar-refractivity contribution in [3.05, 3.63) is 27.2 Å². The minimum absolute atomic E-state index is 0.0954. The molecule has 0 unspecified atom stereocenters. The van der Waals surface area contributed by atoms with Crippen molar-refractivity contribution >= 4 is 43.5 Å². The van der Waals surface area contributed by atoms with Crippen LogP contribution in [0.1, 0.15) is 36.5 Å². The lowest BCUT2D eigenvalue weighted by Crippen LogP contribution is -2.40. The van der Waals surface area contributed by atoms with Gasteiger partial charge < -0.3 is 5.32 Å². The molecule has 1 saturated carbocycles. The fourth-order valence-corrected chi connectivity index (χ4v) is 4.06. The van der Waals surface area contributed by atoms with E-state index in [2.05, 4.69) is 28.2 Å². The molecule has 1 fully saturated rings. The van der Waals surface area contributed by atoms with Crippen LogP contribution in [0.25, 0.3) is 0 Å². The molecule has 0 radical (unpaired) electrons. The van der Waals surface area contributed by atoms with E-state index in [0.29, 0.717) is 11.0 Å². The van der Waals surface area contributed by atoms with E-state index >= 15 is 0 Å². The number of carbonyl (C=O) groups is 1. The first kappa shape index (κ1) is 16.7. The van der Waals surface area contributed by atoms with Crippen molar-refractivity contribution in [2.24, 2.45) is 10.6 Å². The molecule has 1 aromatic carbocycles. The van der Waals surface area contributed by atoms with Crippen molar-refractivity contribution in [3.8, 4) is 0 Å². The van der Waals surface area contributed by atoms with Crippen molar-refractivity contribution in [1.29, 1.82) is 0 Å². The zero-order chi connectivity index (χ0) is 15.8. The number of hydrogen-bond donors (Lipinski definition) is 2. The molecule has 1 aliphatic rings. The second kappa shape index (κ2) is 5.87. The first-order valence-electron chi connectivity index (χ1n) is 6.42. The topological polar surface area (TPSA) is 89.3 Å². The number of hydrogen-bond acceptors (Lipinski definition) is 3. The minimum Gasteiger partial charge on any atom is -0.351 e. The van der Waals surface area contributed by atoms with Gasteiger partial charge in [-0.3, -0.25) is 4.79 Å². The van der Waals surface area contributed by atoms with E-state index in [-0.39, 0.29) is 20.9 Å². The summed E-state index contributed by atoms with van der Waals surface area (Å²) in [6, 6.07) is 2.76.